The fraction of sp³-hybridized carbons (Fsp3) is 0.588. The zero-order valence-corrected chi connectivity index (χ0v) is 16.0. The summed E-state index contributed by atoms with van der Waals surface area (Å²) in [4.78, 5) is 14.0. The predicted molar refractivity (Wildman–Crippen MR) is 95.7 cm³/mol. The molecular weight excluding hydrogens is 402 g/mol. The van der Waals surface area contributed by atoms with E-state index < -0.39 is 22.2 Å². The van der Waals surface area contributed by atoms with Gasteiger partial charge in [0.2, 0.25) is 0 Å². The van der Waals surface area contributed by atoms with Crippen molar-refractivity contribution >= 4 is 15.9 Å². The number of carbonyl (C=O) groups excluding carboxylic acids is 1. The number of amides is 1. The first-order valence-electron chi connectivity index (χ1n) is 8.84. The second-order valence-electron chi connectivity index (χ2n) is 6.67. The maximum Gasteiger partial charge on any atom is 0.511 e. The van der Waals surface area contributed by atoms with Crippen LogP contribution in [0.25, 0.3) is 0 Å². The summed E-state index contributed by atoms with van der Waals surface area (Å²) in [6, 6.07) is 6.33. The average Bonchev–Trinajstić information content (AvgIpc) is 2.66. The number of carbonyl (C=O) groups is 1. The summed E-state index contributed by atoms with van der Waals surface area (Å²) < 4.78 is 72.8. The van der Waals surface area contributed by atoms with Crippen molar-refractivity contribution in [2.45, 2.75) is 25.0 Å². The zero-order valence-electron chi connectivity index (χ0n) is 15.1. The number of nitrogens with one attached hydrogen (secondary N) is 2. The fourth-order valence-corrected chi connectivity index (χ4v) is 3.49. The van der Waals surface area contributed by atoms with Crippen molar-refractivity contribution in [3.63, 3.8) is 0 Å². The largest absolute Gasteiger partial charge is 0.511 e. The molecule has 6 nitrogen and oxygen atoms in total. The summed E-state index contributed by atoms with van der Waals surface area (Å²) in [6.45, 7) is 0.891. The normalized spacial score (nSPS) is 16.9. The number of likely N-dealkylation sites (tertiary alicyclic amines) is 1. The van der Waals surface area contributed by atoms with Crippen LogP contribution in [0.3, 0.4) is 0 Å². The smallest absolute Gasteiger partial charge is 0.352 e. The van der Waals surface area contributed by atoms with E-state index in [1.807, 2.05) is 4.90 Å². The number of rotatable bonds is 8. The van der Waals surface area contributed by atoms with E-state index in [0.717, 1.165) is 12.8 Å². The molecule has 1 aliphatic heterocycles. The molecule has 1 saturated heterocycles. The molecule has 1 aliphatic rings. The van der Waals surface area contributed by atoms with Crippen LogP contribution in [0.4, 0.5) is 17.6 Å². The molecule has 0 radical (unpaired) electrons. The maximum atomic E-state index is 12.7. The van der Waals surface area contributed by atoms with Crippen LogP contribution in [0.5, 0.6) is 0 Å². The predicted octanol–water partition coefficient (Wildman–Crippen LogP) is 2.04. The number of benzene rings is 1. The summed E-state index contributed by atoms with van der Waals surface area (Å²) in [7, 11) is -5.31. The zero-order chi connectivity index (χ0) is 20.8. The molecule has 0 aliphatic carbocycles. The highest BCUT2D eigenvalue weighted by atomic mass is 32.2. The third-order valence-electron chi connectivity index (χ3n) is 4.63. The first-order chi connectivity index (χ1) is 13.1. The number of hydrogen-bond acceptors (Lipinski definition) is 4. The SMILES string of the molecule is O=C(NCC1CCN(CCNS(=O)(=O)C(F)(F)F)CC1)c1cccc(CF)c1. The minimum absolute atomic E-state index is 0.185. The van der Waals surface area contributed by atoms with Gasteiger partial charge in [-0.2, -0.15) is 13.2 Å². The molecule has 1 amide bonds. The standard InChI is InChI=1S/C17H23F4N3O3S/c18-11-14-2-1-3-15(10-14)16(25)22-12-13-4-7-24(8-5-13)9-6-23-28(26,27)17(19,20)21/h1-3,10,13,23H,4-9,11-12H2,(H,22,25). The Balaban J connectivity index is 1.69. The Labute approximate surface area is 161 Å². The van der Waals surface area contributed by atoms with Crippen molar-refractivity contribution in [2.24, 2.45) is 5.92 Å². The molecule has 0 saturated carbocycles. The number of sulfonamides is 1. The summed E-state index contributed by atoms with van der Waals surface area (Å²) in [5, 5.41) is 2.82. The monoisotopic (exact) mass is 425 g/mol. The quantitative estimate of drug-likeness (QED) is 0.625. The third kappa shape index (κ3) is 6.42. The molecule has 1 heterocycles. The van der Waals surface area contributed by atoms with E-state index in [-0.39, 0.29) is 24.9 Å². The van der Waals surface area contributed by atoms with Gasteiger partial charge >= 0.3 is 15.5 Å². The highest BCUT2D eigenvalue weighted by Crippen LogP contribution is 2.21. The van der Waals surface area contributed by atoms with Gasteiger partial charge in [0.15, 0.2) is 0 Å². The number of alkyl halides is 4. The van der Waals surface area contributed by atoms with E-state index >= 15 is 0 Å². The van der Waals surface area contributed by atoms with Crippen LogP contribution in [-0.2, 0) is 16.7 Å². The van der Waals surface area contributed by atoms with Crippen molar-refractivity contribution in [3.05, 3.63) is 35.4 Å². The second-order valence-corrected chi connectivity index (χ2v) is 8.43. The molecule has 11 heteroatoms. The first-order valence-corrected chi connectivity index (χ1v) is 10.3. The highest BCUT2D eigenvalue weighted by Gasteiger charge is 2.45. The van der Waals surface area contributed by atoms with Crippen LogP contribution in [-0.4, -0.2) is 57.5 Å². The topological polar surface area (TPSA) is 78.5 Å². The molecule has 158 valence electrons. The number of halogens is 4. The number of nitrogens with zero attached hydrogens (tertiary/aromatic N) is 1. The van der Waals surface area contributed by atoms with Gasteiger partial charge in [0, 0.05) is 25.2 Å². The van der Waals surface area contributed by atoms with Gasteiger partial charge in [-0.15, -0.1) is 0 Å². The number of hydrogen-bond donors (Lipinski definition) is 2. The highest BCUT2D eigenvalue weighted by molar-refractivity contribution is 7.90. The van der Waals surface area contributed by atoms with Crippen LogP contribution in [0.2, 0.25) is 0 Å². The van der Waals surface area contributed by atoms with Crippen molar-refractivity contribution in [1.82, 2.24) is 14.9 Å². The van der Waals surface area contributed by atoms with Gasteiger partial charge in [-0.05, 0) is 49.5 Å². The summed E-state index contributed by atoms with van der Waals surface area (Å²) in [6.07, 6.45) is 1.47. The second kappa shape index (κ2) is 9.66. The van der Waals surface area contributed by atoms with Crippen molar-refractivity contribution < 1.29 is 30.8 Å². The lowest BCUT2D eigenvalue weighted by Gasteiger charge is -2.32. The Hall–Kier alpha value is -1.72. The van der Waals surface area contributed by atoms with Crippen LogP contribution < -0.4 is 10.0 Å². The Morgan fingerprint density at radius 2 is 1.89 bits per heavy atom. The lowest BCUT2D eigenvalue weighted by atomic mass is 9.96. The molecule has 0 aromatic heterocycles. The van der Waals surface area contributed by atoms with Gasteiger partial charge in [-0.1, -0.05) is 12.1 Å². The maximum absolute atomic E-state index is 12.7. The van der Waals surface area contributed by atoms with Gasteiger partial charge in [-0.25, -0.2) is 17.5 Å². The van der Waals surface area contributed by atoms with Gasteiger partial charge in [0.25, 0.3) is 5.91 Å². The summed E-state index contributed by atoms with van der Waals surface area (Å²) in [5.74, 6) is -0.0595. The molecule has 0 bridgehead atoms. The van der Waals surface area contributed by atoms with E-state index in [9.17, 15) is 30.8 Å². The van der Waals surface area contributed by atoms with Crippen molar-refractivity contribution in [3.8, 4) is 0 Å². The molecule has 1 aromatic carbocycles. The van der Waals surface area contributed by atoms with Crippen LogP contribution in [0.15, 0.2) is 24.3 Å². The van der Waals surface area contributed by atoms with E-state index in [1.165, 1.54) is 6.07 Å². The Kier molecular flexibility index (Phi) is 7.79. The Morgan fingerprint density at radius 3 is 2.50 bits per heavy atom. The summed E-state index contributed by atoms with van der Waals surface area (Å²) in [5.41, 5.74) is -4.48. The van der Waals surface area contributed by atoms with E-state index in [0.29, 0.717) is 30.8 Å². The van der Waals surface area contributed by atoms with Gasteiger partial charge < -0.3 is 10.2 Å². The molecule has 0 atom stereocenters. The molecule has 28 heavy (non-hydrogen) atoms. The lowest BCUT2D eigenvalue weighted by Crippen LogP contribution is -2.44. The number of piperidine rings is 1. The molecule has 1 fully saturated rings. The minimum Gasteiger partial charge on any atom is -0.352 e. The van der Waals surface area contributed by atoms with Crippen molar-refractivity contribution in [2.75, 3.05) is 32.7 Å². The third-order valence-corrected chi connectivity index (χ3v) is 5.82. The average molecular weight is 425 g/mol. The molecule has 1 aromatic rings. The Bertz CT molecular complexity index is 763. The van der Waals surface area contributed by atoms with E-state index in [4.69, 9.17) is 0 Å². The van der Waals surface area contributed by atoms with E-state index in [2.05, 4.69) is 5.32 Å². The summed E-state index contributed by atoms with van der Waals surface area (Å²) >= 11 is 0. The van der Waals surface area contributed by atoms with Crippen LogP contribution in [0, 0.1) is 5.92 Å². The van der Waals surface area contributed by atoms with Crippen LogP contribution in [0.1, 0.15) is 28.8 Å². The Morgan fingerprint density at radius 1 is 1.21 bits per heavy atom. The lowest BCUT2D eigenvalue weighted by molar-refractivity contribution is -0.0448. The molecule has 2 N–H and O–H groups in total. The molecular formula is C17H23F4N3O3S. The molecule has 0 unspecified atom stereocenters. The van der Waals surface area contributed by atoms with E-state index in [1.54, 1.807) is 22.9 Å². The fourth-order valence-electron chi connectivity index (χ4n) is 2.97. The molecule has 0 spiro atoms. The molecule has 2 rings (SSSR count). The van der Waals surface area contributed by atoms with Gasteiger partial charge in [-0.3, -0.25) is 4.79 Å². The first kappa shape index (κ1) is 22.6. The minimum atomic E-state index is -5.31. The van der Waals surface area contributed by atoms with Crippen LogP contribution >= 0.6 is 0 Å². The van der Waals surface area contributed by atoms with Gasteiger partial charge in [0.1, 0.15) is 6.67 Å². The van der Waals surface area contributed by atoms with Gasteiger partial charge in [0.05, 0.1) is 0 Å². The van der Waals surface area contributed by atoms with Crippen molar-refractivity contribution in [1.29, 1.82) is 0 Å².